The second-order valence-electron chi connectivity index (χ2n) is 17.8. The van der Waals surface area contributed by atoms with Crippen molar-refractivity contribution in [3.63, 3.8) is 0 Å². The van der Waals surface area contributed by atoms with Gasteiger partial charge >= 0.3 is 21.3 Å². The molecular formula is C47H56N7O16P3. The summed E-state index contributed by atoms with van der Waals surface area (Å²) in [5.41, 5.74) is 12.0. The van der Waals surface area contributed by atoms with E-state index >= 15 is 0 Å². The number of amides is 2. The molecule has 73 heavy (non-hydrogen) atoms. The van der Waals surface area contributed by atoms with Gasteiger partial charge in [-0.3, -0.25) is 23.2 Å². The van der Waals surface area contributed by atoms with Crippen LogP contribution in [0.3, 0.4) is 0 Å². The number of hydrogen-bond acceptors (Lipinski definition) is 16. The van der Waals surface area contributed by atoms with E-state index in [0.29, 0.717) is 12.0 Å². The van der Waals surface area contributed by atoms with Crippen LogP contribution in [0.4, 0.5) is 11.5 Å². The van der Waals surface area contributed by atoms with Crippen molar-refractivity contribution in [2.24, 2.45) is 0 Å². The zero-order valence-electron chi connectivity index (χ0n) is 40.2. The topological polar surface area (TPSA) is 318 Å². The van der Waals surface area contributed by atoms with E-state index in [4.69, 9.17) is 20.1 Å². The number of aliphatic hydroxyl groups excluding tert-OH is 1. The van der Waals surface area contributed by atoms with Crippen molar-refractivity contribution in [2.75, 3.05) is 63.6 Å². The Morgan fingerprint density at radius 1 is 1.03 bits per heavy atom. The molecule has 1 fully saturated rings. The van der Waals surface area contributed by atoms with E-state index < -0.39 is 54.2 Å². The molecule has 0 saturated carbocycles. The van der Waals surface area contributed by atoms with Crippen LogP contribution >= 0.6 is 23.5 Å². The molecule has 0 aliphatic carbocycles. The molecule has 23 nitrogen and oxygen atoms in total. The van der Waals surface area contributed by atoms with Gasteiger partial charge in [-0.15, -0.1) is 0 Å². The molecule has 5 heterocycles. The quantitative estimate of drug-likeness (QED) is 0.0439. The van der Waals surface area contributed by atoms with Gasteiger partial charge in [-0.1, -0.05) is 30.0 Å². The second kappa shape index (κ2) is 22.1. The van der Waals surface area contributed by atoms with Crippen molar-refractivity contribution in [3.8, 4) is 23.3 Å². The number of aliphatic hydroxyl groups is 1. The largest absolute Gasteiger partial charge is 0.756 e. The lowest BCUT2D eigenvalue weighted by Crippen LogP contribution is -2.39. The first-order valence-corrected chi connectivity index (χ1v) is 28.1. The van der Waals surface area contributed by atoms with Crippen LogP contribution in [-0.2, 0) is 49.2 Å². The number of nitrogen functional groups attached to an aromatic ring is 1. The lowest BCUT2D eigenvalue weighted by Gasteiger charge is -2.33. The molecule has 8 rings (SSSR count). The van der Waals surface area contributed by atoms with E-state index in [1.807, 2.05) is 24.3 Å². The molecule has 390 valence electrons. The zero-order chi connectivity index (χ0) is 52.4. The highest BCUT2D eigenvalue weighted by atomic mass is 31.3. The number of hydrogen-bond donors (Lipinski definition) is 6. The molecule has 0 spiro atoms. The molecule has 0 radical (unpaired) electrons. The van der Waals surface area contributed by atoms with Gasteiger partial charge in [0.25, 0.3) is 13.7 Å². The summed E-state index contributed by atoms with van der Waals surface area (Å²) in [4.78, 5) is 86.3. The van der Waals surface area contributed by atoms with Crippen LogP contribution in [0.25, 0.3) is 5.57 Å². The first-order chi connectivity index (χ1) is 34.6. The molecule has 7 N–H and O–H groups in total. The number of fused-ring (bicyclic) bond motifs is 4. The van der Waals surface area contributed by atoms with E-state index in [0.717, 1.165) is 89.8 Å². The fourth-order valence-corrected chi connectivity index (χ4v) is 12.5. The van der Waals surface area contributed by atoms with Gasteiger partial charge in [-0.2, -0.15) is 9.29 Å². The molecule has 0 bridgehead atoms. The number of nitrogens with two attached hydrogens (primary N) is 1. The number of carbonyl (C=O) groups excluding carboxylic acids is 2. The average Bonchev–Trinajstić information content (AvgIpc) is 3.70. The van der Waals surface area contributed by atoms with Gasteiger partial charge in [-0.05, 0) is 68.9 Å². The van der Waals surface area contributed by atoms with Crippen LogP contribution in [0.5, 0.6) is 11.5 Å². The third-order valence-electron chi connectivity index (χ3n) is 12.9. The zero-order valence-corrected chi connectivity index (χ0v) is 42.9. The number of ether oxygens (including phenoxy) is 2. The number of nitrogens with zero attached hydrogens (tertiary/aromatic N) is 5. The highest BCUT2D eigenvalue weighted by Crippen LogP contribution is 2.65. The number of aryl methyl sites for hydroxylation is 2. The van der Waals surface area contributed by atoms with Crippen LogP contribution in [0.2, 0.25) is 0 Å². The minimum atomic E-state index is -5.87. The third kappa shape index (κ3) is 12.5. The van der Waals surface area contributed by atoms with Crippen molar-refractivity contribution in [1.29, 1.82) is 0 Å². The van der Waals surface area contributed by atoms with Gasteiger partial charge in [0.15, 0.2) is 0 Å². The minimum Gasteiger partial charge on any atom is -0.756 e. The third-order valence-corrected chi connectivity index (χ3v) is 16.7. The lowest BCUT2D eigenvalue weighted by atomic mass is 9.86. The number of phosphoric acid groups is 3. The Hall–Kier alpha value is -5.56. The summed E-state index contributed by atoms with van der Waals surface area (Å²) in [6.07, 6.45) is 1.20. The smallest absolute Gasteiger partial charge is 0.487 e. The summed E-state index contributed by atoms with van der Waals surface area (Å²) in [5, 5.41) is 15.3. The maximum Gasteiger partial charge on any atom is 0.487 e. The Labute approximate surface area is 419 Å². The molecule has 3 unspecified atom stereocenters. The van der Waals surface area contributed by atoms with E-state index in [1.165, 1.54) is 28.4 Å². The summed E-state index contributed by atoms with van der Waals surface area (Å²) in [7, 11) is -15.5. The van der Waals surface area contributed by atoms with Gasteiger partial charge < -0.3 is 55.0 Å². The number of benzene rings is 3. The van der Waals surface area contributed by atoms with Gasteiger partial charge in [0, 0.05) is 91.4 Å². The average molecular weight is 1070 g/mol. The normalized spacial score (nSPS) is 20.4. The minimum absolute atomic E-state index is 0.0504. The molecule has 4 aliphatic heterocycles. The Kier molecular flexibility index (Phi) is 16.3. The fourth-order valence-electron chi connectivity index (χ4n) is 9.48. The van der Waals surface area contributed by atoms with Gasteiger partial charge in [0.1, 0.15) is 42.7 Å². The molecule has 4 aromatic rings. The van der Waals surface area contributed by atoms with Gasteiger partial charge in [0.2, 0.25) is 11.3 Å². The number of nitrogens with one attached hydrogen (secondary N) is 1. The predicted molar refractivity (Wildman–Crippen MR) is 263 cm³/mol. The first-order valence-electron chi connectivity index (χ1n) is 23.6. The van der Waals surface area contributed by atoms with Crippen LogP contribution in [0, 0.1) is 11.8 Å². The summed E-state index contributed by atoms with van der Waals surface area (Å²) in [6.45, 7) is 7.23. The number of carbonyl (C=O) groups is 2. The Morgan fingerprint density at radius 3 is 2.55 bits per heavy atom. The SMILES string of the molecule is CCN1CCCc2cc3c(cc21)Oc1cc2c(cc1=C3c1ccccc1C(=O)N(C)CCCC(=O)NCC#Cc1cn([C@H]3C[C@H](O)[C@@H](COP(=O)(O)OP(=O)(O)OP(=O)([O-])O)O3)c(=O)nc1N)CCC[N+]=2CC. The molecular weight excluding hydrogens is 1010 g/mol. The van der Waals surface area contributed by atoms with Crippen LogP contribution in [-0.4, -0.2) is 111 Å². The Morgan fingerprint density at radius 2 is 1.79 bits per heavy atom. The molecule has 2 amide bonds. The van der Waals surface area contributed by atoms with E-state index in [9.17, 15) is 47.9 Å². The van der Waals surface area contributed by atoms with Crippen LogP contribution in [0.1, 0.15) is 90.4 Å². The van der Waals surface area contributed by atoms with Crippen molar-refractivity contribution in [1.82, 2.24) is 24.3 Å². The molecule has 3 aromatic carbocycles. The van der Waals surface area contributed by atoms with E-state index in [2.05, 4.69) is 82.9 Å². The number of rotatable bonds is 17. The summed E-state index contributed by atoms with van der Waals surface area (Å²) < 4.78 is 61.9. The van der Waals surface area contributed by atoms with Crippen LogP contribution < -0.4 is 46.4 Å². The van der Waals surface area contributed by atoms with Crippen molar-refractivity contribution >= 4 is 52.4 Å². The highest BCUT2D eigenvalue weighted by molar-refractivity contribution is 7.66. The standard InChI is InChI=1S/C47H56N7O16P3/c1-4-52-20-9-13-29-22-34-39(24-36(29)52)67-40-25-37-30(14-10-21-53(37)5-2)23-35(40)44(34)32-15-6-7-16-33(32)46(57)51(3)19-11-17-42(56)49-18-8-12-31-27-54(47(58)50-45(31)48)43-26-38(55)41(68-43)28-66-72(62,63)70-73(64,65)69-71(59,60)61/h6-7,15-16,22-25,27,38,41,43,55H,4-5,9-11,13-14,17-21,26,28H2,1-3H3,(H6-,48,49,50,56,58,59,60,61,62,63,64,65)/t38-,41+,43+/m0/s1. The number of phosphoric ester groups is 1. The molecule has 1 saturated heterocycles. The fraction of sp³-hybridized carbons (Fsp3) is 0.426. The second-order valence-corrected chi connectivity index (χ2v) is 22.2. The summed E-state index contributed by atoms with van der Waals surface area (Å²) >= 11 is 0. The summed E-state index contributed by atoms with van der Waals surface area (Å²) in [6, 6.07) is 16.4. The van der Waals surface area contributed by atoms with E-state index in [-0.39, 0.29) is 49.1 Å². The Balaban J connectivity index is 0.904. The van der Waals surface area contributed by atoms with Crippen molar-refractivity contribution < 1.29 is 70.6 Å². The van der Waals surface area contributed by atoms with Crippen molar-refractivity contribution in [3.05, 3.63) is 109 Å². The van der Waals surface area contributed by atoms with Gasteiger partial charge in [0.05, 0.1) is 30.9 Å². The maximum absolute atomic E-state index is 14.4. The predicted octanol–water partition coefficient (Wildman–Crippen LogP) is 1.79. The lowest BCUT2D eigenvalue weighted by molar-refractivity contribution is -0.212. The molecule has 26 heteroatoms. The summed E-state index contributed by atoms with van der Waals surface area (Å²) in [5.74, 6) is 6.20. The molecule has 1 aromatic heterocycles. The number of aromatic nitrogens is 2. The maximum atomic E-state index is 14.4. The molecule has 6 atom stereocenters. The van der Waals surface area contributed by atoms with Gasteiger partial charge in [-0.25, -0.2) is 22.8 Å². The first kappa shape index (κ1) is 53.7. The van der Waals surface area contributed by atoms with E-state index in [1.54, 1.807) is 11.9 Å². The molecule has 4 aliphatic rings. The Bertz CT molecular complexity index is 3240. The van der Waals surface area contributed by atoms with Crippen molar-refractivity contribution in [2.45, 2.75) is 77.2 Å². The number of anilines is 2. The van der Waals surface area contributed by atoms with Crippen LogP contribution in [0.15, 0.2) is 59.5 Å². The highest BCUT2D eigenvalue weighted by Gasteiger charge is 2.42. The monoisotopic (exact) mass is 1070 g/mol.